The summed E-state index contributed by atoms with van der Waals surface area (Å²) in [5, 5.41) is 2.82. The van der Waals surface area contributed by atoms with Gasteiger partial charge in [-0.2, -0.15) is 0 Å². The number of aromatic amines is 1. The molecule has 0 spiro atoms. The molecule has 0 fully saturated rings. The van der Waals surface area contributed by atoms with Crippen LogP contribution in [-0.4, -0.2) is 35.0 Å². The van der Waals surface area contributed by atoms with E-state index in [4.69, 9.17) is 11.5 Å². The van der Waals surface area contributed by atoms with Crippen LogP contribution in [0.5, 0.6) is 0 Å². The molecule has 0 aliphatic carbocycles. The summed E-state index contributed by atoms with van der Waals surface area (Å²) in [5.41, 5.74) is 16.5. The minimum Gasteiger partial charge on any atom is -0.348 e. The highest BCUT2D eigenvalue weighted by molar-refractivity contribution is 5.94. The van der Waals surface area contributed by atoms with E-state index in [1.807, 2.05) is 18.2 Å². The normalized spacial score (nSPS) is 12.3. The van der Waals surface area contributed by atoms with Gasteiger partial charge in [0.05, 0.1) is 11.0 Å². The first-order valence-corrected chi connectivity index (χ1v) is 8.87. The molecule has 6 N–H and O–H groups in total. The highest BCUT2D eigenvalue weighted by atomic mass is 16.2. The second kappa shape index (κ2) is 8.12. The Balaban J connectivity index is 1.72. The van der Waals surface area contributed by atoms with E-state index in [9.17, 15) is 4.79 Å². The maximum absolute atomic E-state index is 12.3. The van der Waals surface area contributed by atoms with Crippen molar-refractivity contribution in [2.45, 2.75) is 25.8 Å². The maximum Gasteiger partial charge on any atom is 0.287 e. The lowest BCUT2D eigenvalue weighted by molar-refractivity contribution is 0.0941. The van der Waals surface area contributed by atoms with Crippen molar-refractivity contribution in [1.29, 1.82) is 0 Å². The first-order valence-electron chi connectivity index (χ1n) is 8.87. The molecule has 0 saturated carbocycles. The Morgan fingerprint density at radius 3 is 2.65 bits per heavy atom. The lowest BCUT2D eigenvalue weighted by Gasteiger charge is -2.11. The molecule has 3 aromatic rings. The highest BCUT2D eigenvalue weighted by Crippen LogP contribution is 2.23. The van der Waals surface area contributed by atoms with Crippen LogP contribution < -0.4 is 16.8 Å². The Bertz CT molecular complexity index is 885. The van der Waals surface area contributed by atoms with Gasteiger partial charge in [0.2, 0.25) is 0 Å². The van der Waals surface area contributed by atoms with Crippen LogP contribution in [0, 0.1) is 6.92 Å². The van der Waals surface area contributed by atoms with Crippen molar-refractivity contribution in [2.24, 2.45) is 11.5 Å². The number of aryl methyl sites for hydroxylation is 1. The molecule has 2 aromatic carbocycles. The molecule has 3 rings (SSSR count). The number of rotatable bonds is 7. The van der Waals surface area contributed by atoms with Crippen LogP contribution >= 0.6 is 0 Å². The molecule has 1 amide bonds. The first kappa shape index (κ1) is 18.1. The van der Waals surface area contributed by atoms with Gasteiger partial charge in [-0.3, -0.25) is 4.79 Å². The van der Waals surface area contributed by atoms with Crippen molar-refractivity contribution in [3.8, 4) is 11.1 Å². The van der Waals surface area contributed by atoms with Gasteiger partial charge in [0.25, 0.3) is 5.91 Å². The molecule has 0 bridgehead atoms. The molecular formula is C20H25N5O. The number of amides is 1. The molecule has 26 heavy (non-hydrogen) atoms. The van der Waals surface area contributed by atoms with Gasteiger partial charge in [-0.15, -0.1) is 0 Å². The van der Waals surface area contributed by atoms with Gasteiger partial charge in [0, 0.05) is 12.6 Å². The summed E-state index contributed by atoms with van der Waals surface area (Å²) in [7, 11) is 0. The number of hydrogen-bond donors (Lipinski definition) is 4. The minimum absolute atomic E-state index is 0.0972. The molecular weight excluding hydrogens is 326 g/mol. The zero-order chi connectivity index (χ0) is 18.5. The van der Waals surface area contributed by atoms with E-state index in [-0.39, 0.29) is 11.9 Å². The number of nitrogens with two attached hydrogens (primary N) is 2. The standard InChI is InChI=1S/C20H25N5O/c1-13-4-6-14(7-5-13)15-8-9-17-18(11-15)25-19(24-17)20(26)23-12-16(22)3-2-10-21/h4-9,11,16H,2-3,10,12,21-22H2,1H3,(H,23,26)(H,24,25)/t16-/m0/s1. The van der Waals surface area contributed by atoms with Crippen molar-refractivity contribution < 1.29 is 4.79 Å². The predicted octanol–water partition coefficient (Wildman–Crippen LogP) is 2.33. The van der Waals surface area contributed by atoms with Crippen LogP contribution in [0.3, 0.4) is 0 Å². The number of nitrogens with one attached hydrogen (secondary N) is 2. The molecule has 1 aromatic heterocycles. The third kappa shape index (κ3) is 4.28. The number of hydrogen-bond acceptors (Lipinski definition) is 4. The molecule has 0 unspecified atom stereocenters. The topological polar surface area (TPSA) is 110 Å². The average molecular weight is 351 g/mol. The zero-order valence-electron chi connectivity index (χ0n) is 15.0. The van der Waals surface area contributed by atoms with Crippen molar-refractivity contribution in [2.75, 3.05) is 13.1 Å². The smallest absolute Gasteiger partial charge is 0.287 e. The van der Waals surface area contributed by atoms with Crippen molar-refractivity contribution in [3.63, 3.8) is 0 Å². The van der Waals surface area contributed by atoms with E-state index in [2.05, 4.69) is 46.5 Å². The number of carbonyl (C=O) groups excluding carboxylic acids is 1. The fraction of sp³-hybridized carbons (Fsp3) is 0.300. The Hall–Kier alpha value is -2.70. The Labute approximate surface area is 153 Å². The molecule has 6 nitrogen and oxygen atoms in total. The molecule has 1 atom stereocenters. The summed E-state index contributed by atoms with van der Waals surface area (Å²) in [5.74, 6) is 0.0494. The van der Waals surface area contributed by atoms with Crippen LogP contribution in [0.25, 0.3) is 22.2 Å². The number of benzene rings is 2. The van der Waals surface area contributed by atoms with Gasteiger partial charge in [-0.1, -0.05) is 35.9 Å². The van der Waals surface area contributed by atoms with Gasteiger partial charge < -0.3 is 21.8 Å². The SMILES string of the molecule is Cc1ccc(-c2ccc3nc(C(=O)NC[C@@H](N)CCCN)[nH]c3c2)cc1. The van der Waals surface area contributed by atoms with Gasteiger partial charge in [0.1, 0.15) is 0 Å². The van der Waals surface area contributed by atoms with Crippen molar-refractivity contribution >= 4 is 16.9 Å². The van der Waals surface area contributed by atoms with Crippen molar-refractivity contribution in [1.82, 2.24) is 15.3 Å². The van der Waals surface area contributed by atoms with Gasteiger partial charge in [0.15, 0.2) is 5.82 Å². The fourth-order valence-electron chi connectivity index (χ4n) is 2.83. The first-order chi connectivity index (χ1) is 12.6. The van der Waals surface area contributed by atoms with Crippen LogP contribution in [-0.2, 0) is 0 Å². The second-order valence-electron chi connectivity index (χ2n) is 6.58. The molecule has 0 radical (unpaired) electrons. The number of H-pyrrole nitrogens is 1. The third-order valence-electron chi connectivity index (χ3n) is 4.39. The largest absolute Gasteiger partial charge is 0.348 e. The maximum atomic E-state index is 12.3. The predicted molar refractivity (Wildman–Crippen MR) is 105 cm³/mol. The Morgan fingerprint density at radius 2 is 1.92 bits per heavy atom. The van der Waals surface area contributed by atoms with Crippen LogP contribution in [0.4, 0.5) is 0 Å². The van der Waals surface area contributed by atoms with Crippen LogP contribution in [0.15, 0.2) is 42.5 Å². The minimum atomic E-state index is -0.249. The van der Waals surface area contributed by atoms with E-state index in [0.29, 0.717) is 18.9 Å². The van der Waals surface area contributed by atoms with Crippen LogP contribution in [0.2, 0.25) is 0 Å². The average Bonchev–Trinajstić information content (AvgIpc) is 3.08. The molecule has 6 heteroatoms. The van der Waals surface area contributed by atoms with E-state index >= 15 is 0 Å². The number of carbonyl (C=O) groups is 1. The summed E-state index contributed by atoms with van der Waals surface area (Å²) in [6, 6.07) is 14.2. The van der Waals surface area contributed by atoms with E-state index in [0.717, 1.165) is 35.0 Å². The van der Waals surface area contributed by atoms with Crippen molar-refractivity contribution in [3.05, 3.63) is 53.9 Å². The second-order valence-corrected chi connectivity index (χ2v) is 6.58. The number of imidazole rings is 1. The lowest BCUT2D eigenvalue weighted by atomic mass is 10.0. The molecule has 0 aliphatic rings. The third-order valence-corrected chi connectivity index (χ3v) is 4.39. The van der Waals surface area contributed by atoms with E-state index in [1.165, 1.54) is 5.56 Å². The molecule has 1 heterocycles. The Kier molecular flexibility index (Phi) is 5.65. The zero-order valence-corrected chi connectivity index (χ0v) is 15.0. The van der Waals surface area contributed by atoms with Gasteiger partial charge >= 0.3 is 0 Å². The number of fused-ring (bicyclic) bond motifs is 1. The fourth-order valence-corrected chi connectivity index (χ4v) is 2.83. The molecule has 0 aliphatic heterocycles. The summed E-state index contributed by atoms with van der Waals surface area (Å²) in [6.45, 7) is 3.08. The highest BCUT2D eigenvalue weighted by Gasteiger charge is 2.13. The van der Waals surface area contributed by atoms with E-state index < -0.39 is 0 Å². The summed E-state index contributed by atoms with van der Waals surface area (Å²) in [4.78, 5) is 19.8. The summed E-state index contributed by atoms with van der Waals surface area (Å²) < 4.78 is 0. The van der Waals surface area contributed by atoms with Gasteiger partial charge in [-0.05, 0) is 49.6 Å². The Morgan fingerprint density at radius 1 is 1.19 bits per heavy atom. The summed E-state index contributed by atoms with van der Waals surface area (Å²) >= 11 is 0. The molecule has 0 saturated heterocycles. The lowest BCUT2D eigenvalue weighted by Crippen LogP contribution is -2.37. The molecule has 136 valence electrons. The van der Waals surface area contributed by atoms with Crippen LogP contribution in [0.1, 0.15) is 29.0 Å². The number of nitrogens with zero attached hydrogens (tertiary/aromatic N) is 1. The quantitative estimate of drug-likeness (QED) is 0.523. The summed E-state index contributed by atoms with van der Waals surface area (Å²) in [6.07, 6.45) is 1.64. The monoisotopic (exact) mass is 351 g/mol. The van der Waals surface area contributed by atoms with E-state index in [1.54, 1.807) is 0 Å². The van der Waals surface area contributed by atoms with Gasteiger partial charge in [-0.25, -0.2) is 4.98 Å². The number of aromatic nitrogens is 2.